The monoisotopic (exact) mass is 309 g/mol. The van der Waals surface area contributed by atoms with E-state index in [1.165, 1.54) is 18.3 Å². The predicted molar refractivity (Wildman–Crippen MR) is 79.2 cm³/mol. The summed E-state index contributed by atoms with van der Waals surface area (Å²) in [6, 6.07) is 9.62. The van der Waals surface area contributed by atoms with Crippen molar-refractivity contribution in [1.29, 1.82) is 0 Å². The second-order valence-corrected chi connectivity index (χ2v) is 4.48. The summed E-state index contributed by atoms with van der Waals surface area (Å²) in [5, 5.41) is 14.9. The fourth-order valence-electron chi connectivity index (χ4n) is 1.33. The normalized spacial score (nSPS) is 10.7. The molecule has 0 radical (unpaired) electrons. The first-order valence-corrected chi connectivity index (χ1v) is 6.18. The fourth-order valence-corrected chi connectivity index (χ4v) is 1.64. The van der Waals surface area contributed by atoms with Crippen molar-refractivity contribution in [3.8, 4) is 0 Å². The Morgan fingerprint density at radius 2 is 2.05 bits per heavy atom. The molecule has 0 aliphatic rings. The third kappa shape index (κ3) is 3.62. The van der Waals surface area contributed by atoms with Crippen LogP contribution in [0.2, 0.25) is 5.02 Å². The molecule has 2 rings (SSSR count). The van der Waals surface area contributed by atoms with Crippen LogP contribution < -0.4 is 5.43 Å². The number of hydrogen-bond acceptors (Lipinski definition) is 5. The van der Waals surface area contributed by atoms with Gasteiger partial charge in [0.15, 0.2) is 5.76 Å². The maximum atomic E-state index is 10.4. The average Bonchev–Trinajstić information content (AvgIpc) is 2.88. The number of nitrogens with zero attached hydrogens (tertiary/aromatic N) is 2. The summed E-state index contributed by atoms with van der Waals surface area (Å²) in [4.78, 5) is 10.2. The molecule has 0 saturated heterocycles. The largest absolute Gasteiger partial charge is 0.433 e. The molecule has 0 bridgehead atoms. The van der Waals surface area contributed by atoms with Crippen LogP contribution in [-0.2, 0) is 0 Å². The predicted octanol–water partition coefficient (Wildman–Crippen LogP) is 3.14. The number of hydrazone groups is 1. The van der Waals surface area contributed by atoms with E-state index in [9.17, 15) is 10.1 Å². The molecular formula is C12H8ClN3O3S. The van der Waals surface area contributed by atoms with Crippen molar-refractivity contribution in [3.05, 3.63) is 62.9 Å². The highest BCUT2D eigenvalue weighted by atomic mass is 35.5. The summed E-state index contributed by atoms with van der Waals surface area (Å²) in [6.45, 7) is 0. The maximum absolute atomic E-state index is 10.4. The van der Waals surface area contributed by atoms with Gasteiger partial charge in [0.1, 0.15) is 9.91 Å². The molecule has 6 nitrogen and oxygen atoms in total. The Kier molecular flexibility index (Phi) is 4.44. The maximum Gasteiger partial charge on any atom is 0.433 e. The smallest absolute Gasteiger partial charge is 0.400 e. The second-order valence-electron chi connectivity index (χ2n) is 3.64. The summed E-state index contributed by atoms with van der Waals surface area (Å²) < 4.78 is 4.90. The Labute approximate surface area is 124 Å². The Bertz CT molecular complexity index is 667. The molecule has 0 saturated carbocycles. The summed E-state index contributed by atoms with van der Waals surface area (Å²) in [7, 11) is 0. The number of nitro groups is 1. The number of furan rings is 1. The number of benzene rings is 1. The van der Waals surface area contributed by atoms with Gasteiger partial charge in [-0.2, -0.15) is 5.10 Å². The van der Waals surface area contributed by atoms with Crippen molar-refractivity contribution in [1.82, 2.24) is 5.43 Å². The van der Waals surface area contributed by atoms with Gasteiger partial charge >= 0.3 is 5.88 Å². The lowest BCUT2D eigenvalue weighted by Crippen LogP contribution is -2.15. The third-order valence-corrected chi connectivity index (χ3v) is 2.84. The molecule has 0 spiro atoms. The minimum atomic E-state index is -0.622. The number of thiocarbonyl (C=S) groups is 1. The van der Waals surface area contributed by atoms with Crippen LogP contribution in [0.15, 0.2) is 45.9 Å². The molecule has 1 heterocycles. The van der Waals surface area contributed by atoms with Gasteiger partial charge in [0, 0.05) is 10.6 Å². The van der Waals surface area contributed by atoms with Gasteiger partial charge in [-0.05, 0) is 18.2 Å². The third-order valence-electron chi connectivity index (χ3n) is 2.26. The standard InChI is InChI=1S/C12H8ClN3O3S/c13-9-3-1-8(2-4-9)12(20)15-14-7-10-5-6-11(19-10)16(17)18/h1-7H,(H,15,20). The van der Waals surface area contributed by atoms with E-state index >= 15 is 0 Å². The average molecular weight is 310 g/mol. The molecule has 0 fully saturated rings. The van der Waals surface area contributed by atoms with E-state index in [1.54, 1.807) is 24.3 Å². The van der Waals surface area contributed by atoms with E-state index < -0.39 is 4.92 Å². The molecule has 1 N–H and O–H groups in total. The number of rotatable bonds is 4. The molecule has 2 aromatic rings. The summed E-state index contributed by atoms with van der Waals surface area (Å²) in [5.41, 5.74) is 3.39. The van der Waals surface area contributed by atoms with Gasteiger partial charge in [0.2, 0.25) is 0 Å². The van der Waals surface area contributed by atoms with Gasteiger partial charge in [-0.1, -0.05) is 36.0 Å². The number of hydrogen-bond donors (Lipinski definition) is 1. The lowest BCUT2D eigenvalue weighted by Gasteiger charge is -2.02. The Morgan fingerprint density at radius 3 is 2.65 bits per heavy atom. The molecule has 8 heteroatoms. The van der Waals surface area contributed by atoms with Crippen molar-refractivity contribution in [2.24, 2.45) is 5.10 Å². The van der Waals surface area contributed by atoms with E-state index in [1.807, 2.05) is 0 Å². The van der Waals surface area contributed by atoms with Crippen LogP contribution in [0.3, 0.4) is 0 Å². The molecule has 1 aromatic heterocycles. The van der Waals surface area contributed by atoms with Gasteiger partial charge in [-0.15, -0.1) is 0 Å². The number of halogens is 1. The van der Waals surface area contributed by atoms with E-state index in [2.05, 4.69) is 10.5 Å². The molecule has 0 aliphatic carbocycles. The zero-order valence-corrected chi connectivity index (χ0v) is 11.5. The van der Waals surface area contributed by atoms with Crippen molar-refractivity contribution in [2.75, 3.05) is 0 Å². The molecule has 0 atom stereocenters. The van der Waals surface area contributed by atoms with E-state index in [4.69, 9.17) is 28.2 Å². The quantitative estimate of drug-likeness (QED) is 0.406. The van der Waals surface area contributed by atoms with Crippen molar-refractivity contribution < 1.29 is 9.34 Å². The Hall–Kier alpha value is -2.25. The molecule has 102 valence electrons. The SMILES string of the molecule is O=[N+]([O-])c1ccc(C=NNC(=S)c2ccc(Cl)cc2)o1. The Morgan fingerprint density at radius 1 is 1.35 bits per heavy atom. The highest BCUT2D eigenvalue weighted by molar-refractivity contribution is 7.80. The van der Waals surface area contributed by atoms with E-state index in [0.29, 0.717) is 10.0 Å². The van der Waals surface area contributed by atoms with Crippen molar-refractivity contribution >= 4 is 40.9 Å². The van der Waals surface area contributed by atoms with Crippen LogP contribution in [0.25, 0.3) is 0 Å². The molecule has 1 aromatic carbocycles. The van der Waals surface area contributed by atoms with Gasteiger partial charge in [0.25, 0.3) is 0 Å². The van der Waals surface area contributed by atoms with Crippen LogP contribution in [0.1, 0.15) is 11.3 Å². The van der Waals surface area contributed by atoms with Crippen LogP contribution >= 0.6 is 23.8 Å². The first kappa shape index (κ1) is 14.2. The molecule has 20 heavy (non-hydrogen) atoms. The molecular weight excluding hydrogens is 302 g/mol. The highest BCUT2D eigenvalue weighted by Gasteiger charge is 2.10. The minimum Gasteiger partial charge on any atom is -0.400 e. The van der Waals surface area contributed by atoms with Gasteiger partial charge < -0.3 is 4.42 Å². The van der Waals surface area contributed by atoms with Crippen molar-refractivity contribution in [3.63, 3.8) is 0 Å². The summed E-state index contributed by atoms with van der Waals surface area (Å²) >= 11 is 10.9. The summed E-state index contributed by atoms with van der Waals surface area (Å²) in [5.74, 6) is -0.0881. The van der Waals surface area contributed by atoms with Gasteiger partial charge in [-0.3, -0.25) is 15.5 Å². The van der Waals surface area contributed by atoms with E-state index in [0.717, 1.165) is 5.56 Å². The molecule has 0 aliphatic heterocycles. The van der Waals surface area contributed by atoms with Crippen molar-refractivity contribution in [2.45, 2.75) is 0 Å². The fraction of sp³-hybridized carbons (Fsp3) is 0. The first-order chi connectivity index (χ1) is 9.56. The molecule has 0 amide bonds. The van der Waals surface area contributed by atoms with Gasteiger partial charge in [0.05, 0.1) is 12.3 Å². The van der Waals surface area contributed by atoms with Crippen LogP contribution in [0.5, 0.6) is 0 Å². The molecule has 0 unspecified atom stereocenters. The van der Waals surface area contributed by atoms with Crippen LogP contribution in [0.4, 0.5) is 5.88 Å². The topological polar surface area (TPSA) is 80.7 Å². The number of nitrogens with one attached hydrogen (secondary N) is 1. The van der Waals surface area contributed by atoms with Crippen LogP contribution in [-0.4, -0.2) is 16.1 Å². The second kappa shape index (κ2) is 6.27. The zero-order chi connectivity index (χ0) is 14.5. The zero-order valence-electron chi connectivity index (χ0n) is 9.95. The van der Waals surface area contributed by atoms with Gasteiger partial charge in [-0.25, -0.2) is 0 Å². The summed E-state index contributed by atoms with van der Waals surface area (Å²) in [6.07, 6.45) is 1.30. The van der Waals surface area contributed by atoms with E-state index in [-0.39, 0.29) is 11.6 Å². The first-order valence-electron chi connectivity index (χ1n) is 5.39. The Balaban J connectivity index is 1.97. The minimum absolute atomic E-state index is 0.253. The van der Waals surface area contributed by atoms with Crippen LogP contribution in [0, 0.1) is 10.1 Å². The lowest BCUT2D eigenvalue weighted by molar-refractivity contribution is -0.402. The lowest BCUT2D eigenvalue weighted by atomic mass is 10.2. The highest BCUT2D eigenvalue weighted by Crippen LogP contribution is 2.13.